The van der Waals surface area contributed by atoms with E-state index in [4.69, 9.17) is 9.47 Å². The Bertz CT molecular complexity index is 586. The normalized spacial score (nSPS) is 19.0. The van der Waals surface area contributed by atoms with E-state index >= 15 is 0 Å². The second-order valence-corrected chi connectivity index (χ2v) is 6.62. The Morgan fingerprint density at radius 1 is 1.27 bits per heavy atom. The zero-order valence-electron chi connectivity index (χ0n) is 15.6. The highest BCUT2D eigenvalue weighted by molar-refractivity contribution is 5.95. The molecule has 0 saturated carbocycles. The number of esters is 1. The second kappa shape index (κ2) is 10.3. The first-order valence-corrected chi connectivity index (χ1v) is 9.36. The number of aliphatic hydroxyl groups is 1. The molecular weight excluding hydrogens is 334 g/mol. The Morgan fingerprint density at radius 2 is 2.00 bits per heavy atom. The van der Waals surface area contributed by atoms with E-state index in [0.29, 0.717) is 37.4 Å². The van der Waals surface area contributed by atoms with Gasteiger partial charge in [0.1, 0.15) is 18.5 Å². The van der Waals surface area contributed by atoms with Crippen LogP contribution in [0.2, 0.25) is 0 Å². The van der Waals surface area contributed by atoms with Crippen LogP contribution in [0.15, 0.2) is 24.3 Å². The zero-order chi connectivity index (χ0) is 18.9. The molecule has 1 fully saturated rings. The van der Waals surface area contributed by atoms with E-state index < -0.39 is 6.10 Å². The molecule has 0 radical (unpaired) electrons. The van der Waals surface area contributed by atoms with Crippen molar-refractivity contribution in [2.24, 2.45) is 5.92 Å². The van der Waals surface area contributed by atoms with Crippen molar-refractivity contribution in [3.05, 3.63) is 29.8 Å². The number of carbonyl (C=O) groups excluding carboxylic acids is 2. The Balaban J connectivity index is 1.76. The van der Waals surface area contributed by atoms with Crippen LogP contribution in [0, 0.1) is 5.92 Å². The molecule has 26 heavy (non-hydrogen) atoms. The zero-order valence-corrected chi connectivity index (χ0v) is 15.6. The van der Waals surface area contributed by atoms with Gasteiger partial charge < -0.3 is 14.6 Å². The highest BCUT2D eigenvalue weighted by atomic mass is 16.5. The van der Waals surface area contributed by atoms with E-state index in [1.165, 1.54) is 0 Å². The summed E-state index contributed by atoms with van der Waals surface area (Å²) in [6, 6.07) is 6.96. The number of aliphatic hydroxyl groups excluding tert-OH is 1. The fraction of sp³-hybridized carbons (Fsp3) is 0.600. The summed E-state index contributed by atoms with van der Waals surface area (Å²) in [6.45, 7) is 6.14. The van der Waals surface area contributed by atoms with Gasteiger partial charge in [0.25, 0.3) is 0 Å². The third-order valence-corrected chi connectivity index (χ3v) is 4.53. The van der Waals surface area contributed by atoms with E-state index in [2.05, 4.69) is 4.90 Å². The van der Waals surface area contributed by atoms with Crippen molar-refractivity contribution in [1.29, 1.82) is 0 Å². The third-order valence-electron chi connectivity index (χ3n) is 4.53. The monoisotopic (exact) mass is 363 g/mol. The van der Waals surface area contributed by atoms with Crippen LogP contribution in [0.1, 0.15) is 43.5 Å². The molecule has 1 aliphatic heterocycles. The number of hydrogen-bond donors (Lipinski definition) is 1. The molecule has 2 atom stereocenters. The Hall–Kier alpha value is -1.92. The summed E-state index contributed by atoms with van der Waals surface area (Å²) in [6.07, 6.45) is 1.59. The third kappa shape index (κ3) is 6.11. The van der Waals surface area contributed by atoms with Gasteiger partial charge in [0, 0.05) is 25.1 Å². The van der Waals surface area contributed by atoms with Gasteiger partial charge in [0.15, 0.2) is 5.78 Å². The molecule has 1 heterocycles. The SMILES string of the molecule is CCOC(=O)C1CCCN(CC(O)COc2ccc(C(=O)CC)cc2)C1. The molecule has 2 rings (SSSR count). The summed E-state index contributed by atoms with van der Waals surface area (Å²) < 4.78 is 10.7. The van der Waals surface area contributed by atoms with Crippen LogP contribution in [-0.4, -0.2) is 60.7 Å². The van der Waals surface area contributed by atoms with Crippen molar-refractivity contribution in [3.8, 4) is 5.75 Å². The Labute approximate surface area is 155 Å². The lowest BCUT2D eigenvalue weighted by Crippen LogP contribution is -2.44. The van der Waals surface area contributed by atoms with Gasteiger partial charge in [0.2, 0.25) is 0 Å². The first kappa shape index (κ1) is 20.4. The highest BCUT2D eigenvalue weighted by Gasteiger charge is 2.27. The Morgan fingerprint density at radius 3 is 2.65 bits per heavy atom. The molecule has 1 aliphatic rings. The number of rotatable bonds is 9. The van der Waals surface area contributed by atoms with Gasteiger partial charge in [-0.2, -0.15) is 0 Å². The number of benzene rings is 1. The van der Waals surface area contributed by atoms with Gasteiger partial charge >= 0.3 is 5.97 Å². The van der Waals surface area contributed by atoms with Crippen LogP contribution in [0.25, 0.3) is 0 Å². The maximum atomic E-state index is 11.9. The maximum Gasteiger partial charge on any atom is 0.310 e. The van der Waals surface area contributed by atoms with Crippen molar-refractivity contribution >= 4 is 11.8 Å². The minimum absolute atomic E-state index is 0.0952. The molecule has 1 N–H and O–H groups in total. The maximum absolute atomic E-state index is 11.9. The summed E-state index contributed by atoms with van der Waals surface area (Å²) in [5.74, 6) is 0.461. The average molecular weight is 363 g/mol. The number of carbonyl (C=O) groups is 2. The van der Waals surface area contributed by atoms with Gasteiger partial charge in [0.05, 0.1) is 12.5 Å². The smallest absolute Gasteiger partial charge is 0.310 e. The average Bonchev–Trinajstić information content (AvgIpc) is 2.66. The van der Waals surface area contributed by atoms with Crippen LogP contribution >= 0.6 is 0 Å². The van der Waals surface area contributed by atoms with E-state index in [0.717, 1.165) is 19.4 Å². The molecule has 0 spiro atoms. The van der Waals surface area contributed by atoms with Crippen molar-refractivity contribution < 1.29 is 24.2 Å². The number of hydrogen-bond acceptors (Lipinski definition) is 6. The minimum atomic E-state index is -0.645. The summed E-state index contributed by atoms with van der Waals surface area (Å²) in [7, 11) is 0. The van der Waals surface area contributed by atoms with Crippen LogP contribution < -0.4 is 4.74 Å². The lowest BCUT2D eigenvalue weighted by molar-refractivity contribution is -0.150. The molecule has 6 heteroatoms. The van der Waals surface area contributed by atoms with E-state index in [-0.39, 0.29) is 24.3 Å². The molecule has 0 bridgehead atoms. The van der Waals surface area contributed by atoms with Crippen LogP contribution in [-0.2, 0) is 9.53 Å². The Kier molecular flexibility index (Phi) is 8.06. The van der Waals surface area contributed by atoms with Gasteiger partial charge in [-0.05, 0) is 50.6 Å². The molecule has 0 amide bonds. The number of ketones is 1. The quantitative estimate of drug-likeness (QED) is 0.536. The lowest BCUT2D eigenvalue weighted by Gasteiger charge is -2.32. The van der Waals surface area contributed by atoms with Crippen LogP contribution in [0.3, 0.4) is 0 Å². The molecule has 6 nitrogen and oxygen atoms in total. The fourth-order valence-electron chi connectivity index (χ4n) is 3.16. The lowest BCUT2D eigenvalue weighted by atomic mass is 9.98. The van der Waals surface area contributed by atoms with E-state index in [9.17, 15) is 14.7 Å². The first-order valence-electron chi connectivity index (χ1n) is 9.36. The summed E-state index contributed by atoms with van der Waals surface area (Å²) >= 11 is 0. The molecule has 1 aromatic rings. The summed E-state index contributed by atoms with van der Waals surface area (Å²) in [5.41, 5.74) is 0.665. The number of ether oxygens (including phenoxy) is 2. The first-order chi connectivity index (χ1) is 12.5. The van der Waals surface area contributed by atoms with Gasteiger partial charge in [-0.3, -0.25) is 14.5 Å². The molecule has 1 saturated heterocycles. The topological polar surface area (TPSA) is 76.1 Å². The highest BCUT2D eigenvalue weighted by Crippen LogP contribution is 2.18. The van der Waals surface area contributed by atoms with E-state index in [1.54, 1.807) is 24.3 Å². The number of piperidine rings is 1. The second-order valence-electron chi connectivity index (χ2n) is 6.62. The number of likely N-dealkylation sites (tertiary alicyclic amines) is 1. The van der Waals surface area contributed by atoms with Crippen molar-refractivity contribution in [2.75, 3.05) is 32.8 Å². The summed E-state index contributed by atoms with van der Waals surface area (Å²) in [4.78, 5) is 25.6. The largest absolute Gasteiger partial charge is 0.491 e. The van der Waals surface area contributed by atoms with Crippen LogP contribution in [0.5, 0.6) is 5.75 Å². The number of Topliss-reactive ketones (excluding diaryl/α,β-unsaturated/α-hetero) is 1. The standard InChI is InChI=1S/C20H29NO5/c1-3-19(23)15-7-9-18(10-8-15)26-14-17(22)13-21-11-5-6-16(12-21)20(24)25-4-2/h7-10,16-17,22H,3-6,11-14H2,1-2H3. The molecular formula is C20H29NO5. The van der Waals surface area contributed by atoms with Crippen molar-refractivity contribution in [1.82, 2.24) is 4.90 Å². The molecule has 1 aromatic carbocycles. The number of β-amino-alcohol motifs (C(OH)–C–C–N with tert-alkyl or cyclic N) is 1. The van der Waals surface area contributed by atoms with Gasteiger partial charge in [-0.15, -0.1) is 0 Å². The van der Waals surface area contributed by atoms with Gasteiger partial charge in [-0.25, -0.2) is 0 Å². The summed E-state index contributed by atoms with van der Waals surface area (Å²) in [5, 5.41) is 10.2. The predicted molar refractivity (Wildman–Crippen MR) is 98.4 cm³/mol. The minimum Gasteiger partial charge on any atom is -0.491 e. The van der Waals surface area contributed by atoms with Crippen molar-refractivity contribution in [3.63, 3.8) is 0 Å². The van der Waals surface area contributed by atoms with Gasteiger partial charge in [-0.1, -0.05) is 6.92 Å². The molecule has 0 aliphatic carbocycles. The molecule has 0 aromatic heterocycles. The molecule has 2 unspecified atom stereocenters. The fourth-order valence-corrected chi connectivity index (χ4v) is 3.16. The number of nitrogens with zero attached hydrogens (tertiary/aromatic N) is 1. The van der Waals surface area contributed by atoms with E-state index in [1.807, 2.05) is 13.8 Å². The predicted octanol–water partition coefficient (Wildman–Crippen LogP) is 2.29. The van der Waals surface area contributed by atoms with Crippen LogP contribution in [0.4, 0.5) is 0 Å². The van der Waals surface area contributed by atoms with Crippen molar-refractivity contribution in [2.45, 2.75) is 39.2 Å². The molecule has 144 valence electrons.